The van der Waals surface area contributed by atoms with Crippen LogP contribution in [0, 0.1) is 0 Å². The fourth-order valence-corrected chi connectivity index (χ4v) is 5.84. The van der Waals surface area contributed by atoms with Crippen molar-refractivity contribution in [3.8, 4) is 0 Å². The molecule has 3 aromatic heterocycles. The lowest BCUT2D eigenvalue weighted by atomic mass is 10.1. The van der Waals surface area contributed by atoms with Gasteiger partial charge < -0.3 is 41.0 Å². The standard InChI is InChI=1S/C36H39N11O5/c1-44-21-27(41-34(50)28-17-24-5-3-4-6-25(24)20-39-28)18-29(44)35(51)40-26-9-7-23(8-10-26)33(49)43-30-22-45(2)32(42-30)36(52)38-11-12-46-13-15-47(16-14-46)31(48)19-37/h3-10,17-18,20-22H,11-16,19,37H2,1-2H3,(H,38,52)(H,40,51)(H,41,50)(H,43,49). The van der Waals surface area contributed by atoms with E-state index in [0.29, 0.717) is 61.9 Å². The number of hydrogen-bond acceptors (Lipinski definition) is 9. The van der Waals surface area contributed by atoms with Crippen molar-refractivity contribution in [3.05, 3.63) is 102 Å². The highest BCUT2D eigenvalue weighted by molar-refractivity contribution is 6.08. The number of imidazole rings is 1. The van der Waals surface area contributed by atoms with Crippen molar-refractivity contribution in [1.29, 1.82) is 0 Å². The minimum absolute atomic E-state index is 0.00242. The number of carbonyl (C=O) groups excluding carboxylic acids is 5. The first-order valence-electron chi connectivity index (χ1n) is 16.6. The van der Waals surface area contributed by atoms with E-state index in [1.165, 1.54) is 4.57 Å². The lowest BCUT2D eigenvalue weighted by Gasteiger charge is -2.34. The van der Waals surface area contributed by atoms with Gasteiger partial charge in [-0.2, -0.15) is 0 Å². The summed E-state index contributed by atoms with van der Waals surface area (Å²) in [6.07, 6.45) is 4.82. The van der Waals surface area contributed by atoms with Gasteiger partial charge in [-0.1, -0.05) is 24.3 Å². The summed E-state index contributed by atoms with van der Waals surface area (Å²) in [6, 6.07) is 17.2. The lowest BCUT2D eigenvalue weighted by Crippen LogP contribution is -2.51. The zero-order valence-corrected chi connectivity index (χ0v) is 28.8. The minimum Gasteiger partial charge on any atom is -0.348 e. The molecule has 52 heavy (non-hydrogen) atoms. The summed E-state index contributed by atoms with van der Waals surface area (Å²) in [4.78, 5) is 75.9. The Kier molecular flexibility index (Phi) is 10.7. The molecular formula is C36H39N11O5. The molecule has 0 atom stereocenters. The fourth-order valence-electron chi connectivity index (χ4n) is 5.84. The number of nitrogens with zero attached hydrogens (tertiary/aromatic N) is 6. The van der Waals surface area contributed by atoms with Crippen LogP contribution < -0.4 is 27.0 Å². The number of aryl methyl sites for hydroxylation is 2. The highest BCUT2D eigenvalue weighted by atomic mass is 16.2. The van der Waals surface area contributed by atoms with Crippen LogP contribution >= 0.6 is 0 Å². The Hall–Kier alpha value is -6.39. The summed E-state index contributed by atoms with van der Waals surface area (Å²) in [5.41, 5.74) is 7.20. The second-order valence-corrected chi connectivity index (χ2v) is 12.3. The second-order valence-electron chi connectivity index (χ2n) is 12.3. The molecule has 1 aliphatic heterocycles. The van der Waals surface area contributed by atoms with Crippen LogP contribution in [0.3, 0.4) is 0 Å². The van der Waals surface area contributed by atoms with E-state index in [-0.39, 0.29) is 35.7 Å². The average molecular weight is 706 g/mol. The molecular weight excluding hydrogens is 666 g/mol. The van der Waals surface area contributed by atoms with E-state index >= 15 is 0 Å². The maximum Gasteiger partial charge on any atom is 0.287 e. The number of nitrogens with two attached hydrogens (primary N) is 1. The van der Waals surface area contributed by atoms with E-state index in [2.05, 4.69) is 36.1 Å². The van der Waals surface area contributed by atoms with Gasteiger partial charge in [-0.05, 0) is 41.8 Å². The number of nitrogens with one attached hydrogen (secondary N) is 4. The maximum atomic E-state index is 13.1. The molecule has 0 aliphatic carbocycles. The van der Waals surface area contributed by atoms with E-state index in [9.17, 15) is 24.0 Å². The Morgan fingerprint density at radius 1 is 0.750 bits per heavy atom. The van der Waals surface area contributed by atoms with Gasteiger partial charge in [0, 0.05) is 88.6 Å². The summed E-state index contributed by atoms with van der Waals surface area (Å²) in [6.45, 7) is 3.63. The van der Waals surface area contributed by atoms with Gasteiger partial charge in [-0.3, -0.25) is 33.9 Å². The van der Waals surface area contributed by atoms with Crippen LogP contribution in [-0.4, -0.2) is 104 Å². The molecule has 16 heteroatoms. The Morgan fingerprint density at radius 2 is 1.46 bits per heavy atom. The van der Waals surface area contributed by atoms with Gasteiger partial charge in [-0.25, -0.2) is 4.98 Å². The number of fused-ring (bicyclic) bond motifs is 1. The first-order chi connectivity index (χ1) is 25.1. The SMILES string of the molecule is Cn1cc(NC(=O)c2cc3ccccc3cn2)cc1C(=O)Nc1ccc(C(=O)Nc2cn(C)c(C(=O)NCCN3CCN(C(=O)CN)CC3)n2)cc1. The summed E-state index contributed by atoms with van der Waals surface area (Å²) in [5, 5.41) is 13.0. The predicted octanol–water partition coefficient (Wildman–Crippen LogP) is 1.90. The molecule has 5 aromatic rings. The largest absolute Gasteiger partial charge is 0.348 e. The molecule has 6 rings (SSSR count). The monoisotopic (exact) mass is 705 g/mol. The van der Waals surface area contributed by atoms with Crippen molar-refractivity contribution in [2.45, 2.75) is 0 Å². The van der Waals surface area contributed by atoms with E-state index < -0.39 is 17.7 Å². The molecule has 0 spiro atoms. The number of piperazine rings is 1. The summed E-state index contributed by atoms with van der Waals surface area (Å²) < 4.78 is 3.12. The van der Waals surface area contributed by atoms with Crippen molar-refractivity contribution in [2.24, 2.45) is 19.8 Å². The molecule has 1 fully saturated rings. The average Bonchev–Trinajstić information content (AvgIpc) is 3.71. The zero-order chi connectivity index (χ0) is 36.8. The van der Waals surface area contributed by atoms with Gasteiger partial charge in [0.2, 0.25) is 11.7 Å². The molecule has 16 nitrogen and oxygen atoms in total. The molecule has 4 heterocycles. The van der Waals surface area contributed by atoms with Gasteiger partial charge in [0.15, 0.2) is 5.82 Å². The first-order valence-corrected chi connectivity index (χ1v) is 16.6. The number of pyridine rings is 1. The van der Waals surface area contributed by atoms with Crippen molar-refractivity contribution >= 4 is 57.5 Å². The number of amides is 5. The summed E-state index contributed by atoms with van der Waals surface area (Å²) in [5.74, 6) is -1.35. The smallest absolute Gasteiger partial charge is 0.287 e. The highest BCUT2D eigenvalue weighted by Gasteiger charge is 2.21. The molecule has 1 aliphatic rings. The molecule has 0 bridgehead atoms. The van der Waals surface area contributed by atoms with Crippen LogP contribution in [0.1, 0.15) is 42.0 Å². The van der Waals surface area contributed by atoms with Crippen LogP contribution in [0.2, 0.25) is 0 Å². The topological polar surface area (TPSA) is 202 Å². The van der Waals surface area contributed by atoms with Gasteiger partial charge in [-0.15, -0.1) is 0 Å². The first kappa shape index (κ1) is 35.4. The van der Waals surface area contributed by atoms with E-state index in [0.717, 1.165) is 10.8 Å². The van der Waals surface area contributed by atoms with E-state index in [1.54, 1.807) is 78.6 Å². The molecule has 6 N–H and O–H groups in total. The summed E-state index contributed by atoms with van der Waals surface area (Å²) >= 11 is 0. The molecule has 5 amide bonds. The third-order valence-corrected chi connectivity index (χ3v) is 8.70. The predicted molar refractivity (Wildman–Crippen MR) is 195 cm³/mol. The van der Waals surface area contributed by atoms with Crippen LogP contribution in [0.25, 0.3) is 10.8 Å². The highest BCUT2D eigenvalue weighted by Crippen LogP contribution is 2.19. The van der Waals surface area contributed by atoms with Crippen LogP contribution in [-0.2, 0) is 18.9 Å². The van der Waals surface area contributed by atoms with Gasteiger partial charge >= 0.3 is 0 Å². The van der Waals surface area contributed by atoms with Gasteiger partial charge in [0.25, 0.3) is 23.6 Å². The third kappa shape index (κ3) is 8.31. The number of carbonyl (C=O) groups is 5. The molecule has 268 valence electrons. The molecule has 2 aromatic carbocycles. The molecule has 0 unspecified atom stereocenters. The quantitative estimate of drug-likeness (QED) is 0.136. The molecule has 0 saturated carbocycles. The van der Waals surface area contributed by atoms with Crippen LogP contribution in [0.4, 0.5) is 17.2 Å². The van der Waals surface area contributed by atoms with Gasteiger partial charge in [0.05, 0.1) is 12.2 Å². The van der Waals surface area contributed by atoms with Crippen molar-refractivity contribution in [1.82, 2.24) is 34.2 Å². The van der Waals surface area contributed by atoms with Crippen LogP contribution in [0.5, 0.6) is 0 Å². The summed E-state index contributed by atoms with van der Waals surface area (Å²) in [7, 11) is 3.35. The normalized spacial score (nSPS) is 13.1. The number of benzene rings is 2. The third-order valence-electron chi connectivity index (χ3n) is 8.70. The zero-order valence-electron chi connectivity index (χ0n) is 28.8. The Morgan fingerprint density at radius 3 is 2.19 bits per heavy atom. The molecule has 0 radical (unpaired) electrons. The maximum absolute atomic E-state index is 13.1. The van der Waals surface area contributed by atoms with Gasteiger partial charge in [0.1, 0.15) is 11.4 Å². The number of rotatable bonds is 11. The van der Waals surface area contributed by atoms with Crippen LogP contribution in [0.15, 0.2) is 79.3 Å². The molecule has 1 saturated heterocycles. The minimum atomic E-state index is -0.445. The van der Waals surface area contributed by atoms with E-state index in [4.69, 9.17) is 5.73 Å². The van der Waals surface area contributed by atoms with Crippen molar-refractivity contribution in [3.63, 3.8) is 0 Å². The fraction of sp³-hybridized carbons (Fsp3) is 0.250. The van der Waals surface area contributed by atoms with E-state index in [1.807, 2.05) is 24.3 Å². The van der Waals surface area contributed by atoms with Crippen molar-refractivity contribution in [2.75, 3.05) is 61.8 Å². The second kappa shape index (κ2) is 15.7. The number of hydrogen-bond donors (Lipinski definition) is 5. The number of anilines is 3. The number of aromatic nitrogens is 4. The Balaban J connectivity index is 0.979. The van der Waals surface area contributed by atoms with Crippen molar-refractivity contribution < 1.29 is 24.0 Å². The lowest BCUT2D eigenvalue weighted by molar-refractivity contribution is -0.131. The Labute approximate surface area is 299 Å². The Bertz CT molecular complexity index is 2130.